The number of carbonyl (C=O) groups excluding carboxylic acids is 1. The van der Waals surface area contributed by atoms with E-state index in [1.165, 1.54) is 11.1 Å². The minimum atomic E-state index is -0.217. The van der Waals surface area contributed by atoms with Gasteiger partial charge in [0.1, 0.15) is 0 Å². The van der Waals surface area contributed by atoms with Gasteiger partial charge >= 0.3 is 5.97 Å². The van der Waals surface area contributed by atoms with E-state index in [2.05, 4.69) is 29.6 Å². The Bertz CT molecular complexity index is 841. The van der Waals surface area contributed by atoms with Crippen LogP contribution in [-0.2, 0) is 20.7 Å². The van der Waals surface area contributed by atoms with Gasteiger partial charge in [-0.3, -0.25) is 4.79 Å². The van der Waals surface area contributed by atoms with Gasteiger partial charge in [-0.1, -0.05) is 12.1 Å². The molecule has 0 saturated carbocycles. The summed E-state index contributed by atoms with van der Waals surface area (Å²) in [5, 5.41) is 4.19. The number of esters is 1. The van der Waals surface area contributed by atoms with E-state index in [0.717, 1.165) is 29.3 Å². The molecule has 0 unspecified atom stereocenters. The van der Waals surface area contributed by atoms with E-state index < -0.39 is 0 Å². The van der Waals surface area contributed by atoms with Gasteiger partial charge < -0.3 is 14.5 Å². The summed E-state index contributed by atoms with van der Waals surface area (Å²) >= 11 is 1.55. The first-order valence-corrected chi connectivity index (χ1v) is 9.77. The highest BCUT2D eigenvalue weighted by molar-refractivity contribution is 7.07. The summed E-state index contributed by atoms with van der Waals surface area (Å²) in [5.41, 5.74) is 4.24. The van der Waals surface area contributed by atoms with Gasteiger partial charge in [0.15, 0.2) is 0 Å². The molecule has 1 aliphatic heterocycles. The van der Waals surface area contributed by atoms with E-state index in [0.29, 0.717) is 19.8 Å². The first-order chi connectivity index (χ1) is 12.6. The summed E-state index contributed by atoms with van der Waals surface area (Å²) in [5.74, 6) is -0.217. The maximum Gasteiger partial charge on any atom is 0.311 e. The van der Waals surface area contributed by atoms with Crippen LogP contribution in [0.3, 0.4) is 0 Å². The van der Waals surface area contributed by atoms with Crippen LogP contribution in [0, 0.1) is 13.8 Å². The minimum Gasteiger partial charge on any atom is -0.466 e. The molecule has 0 aliphatic carbocycles. The number of rotatable bonds is 5. The van der Waals surface area contributed by atoms with Gasteiger partial charge in [-0.15, -0.1) is 23.7 Å². The Morgan fingerprint density at radius 1 is 1.30 bits per heavy atom. The van der Waals surface area contributed by atoms with E-state index in [1.54, 1.807) is 11.3 Å². The molecule has 0 amide bonds. The first kappa shape index (κ1) is 21.5. The highest BCUT2D eigenvalue weighted by atomic mass is 35.5. The number of hydrogen-bond donors (Lipinski definition) is 0. The number of ether oxygens (including phenoxy) is 2. The number of benzene rings is 1. The lowest BCUT2D eigenvalue weighted by atomic mass is 10.1. The average Bonchev–Trinajstić information content (AvgIpc) is 3.02. The van der Waals surface area contributed by atoms with E-state index in [4.69, 9.17) is 14.5 Å². The molecule has 0 radical (unpaired) electrons. The third-order valence-corrected chi connectivity index (χ3v) is 5.31. The summed E-state index contributed by atoms with van der Waals surface area (Å²) in [7, 11) is 0. The van der Waals surface area contributed by atoms with Gasteiger partial charge in [-0.25, -0.2) is 9.67 Å². The molecule has 2 heterocycles. The third-order valence-electron chi connectivity index (χ3n) is 4.45. The van der Waals surface area contributed by atoms with Crippen LogP contribution in [0.4, 0.5) is 5.69 Å². The summed E-state index contributed by atoms with van der Waals surface area (Å²) in [4.78, 5) is 17.8. The molecule has 148 valence electrons. The van der Waals surface area contributed by atoms with Gasteiger partial charge in [0.25, 0.3) is 0 Å². The fourth-order valence-electron chi connectivity index (χ4n) is 2.91. The van der Waals surface area contributed by atoms with Gasteiger partial charge in [0.2, 0.25) is 4.80 Å². The molecular formula is C19H26ClN3O3S. The Balaban J connectivity index is 0.00000261. The van der Waals surface area contributed by atoms with Crippen LogP contribution in [0.25, 0.3) is 0 Å². The molecule has 1 fully saturated rings. The highest BCUT2D eigenvalue weighted by Crippen LogP contribution is 2.21. The van der Waals surface area contributed by atoms with Crippen molar-refractivity contribution in [3.8, 4) is 0 Å². The zero-order valence-corrected chi connectivity index (χ0v) is 17.6. The zero-order chi connectivity index (χ0) is 18.5. The van der Waals surface area contributed by atoms with Crippen molar-refractivity contribution < 1.29 is 14.3 Å². The normalized spacial score (nSPS) is 14.8. The van der Waals surface area contributed by atoms with Gasteiger partial charge in [0, 0.05) is 5.38 Å². The van der Waals surface area contributed by atoms with Crippen LogP contribution in [0.5, 0.6) is 0 Å². The maximum atomic E-state index is 12.0. The molecule has 3 rings (SSSR count). The van der Waals surface area contributed by atoms with Crippen LogP contribution in [0.1, 0.15) is 23.7 Å². The van der Waals surface area contributed by atoms with Crippen molar-refractivity contribution in [3.05, 3.63) is 45.2 Å². The van der Waals surface area contributed by atoms with Crippen LogP contribution in [0.15, 0.2) is 28.6 Å². The molecule has 0 spiro atoms. The lowest BCUT2D eigenvalue weighted by Crippen LogP contribution is -2.48. The molecule has 1 aliphatic rings. The van der Waals surface area contributed by atoms with Crippen molar-refractivity contribution in [1.82, 2.24) is 4.68 Å². The second-order valence-electron chi connectivity index (χ2n) is 6.20. The van der Waals surface area contributed by atoms with Gasteiger partial charge in [0.05, 0.1) is 50.7 Å². The third kappa shape index (κ3) is 5.12. The van der Waals surface area contributed by atoms with Crippen LogP contribution in [-0.4, -0.2) is 43.6 Å². The quantitative estimate of drug-likeness (QED) is 0.710. The van der Waals surface area contributed by atoms with Crippen molar-refractivity contribution >= 4 is 35.4 Å². The molecule has 0 N–H and O–H groups in total. The molecule has 2 aromatic rings. The Morgan fingerprint density at radius 3 is 2.74 bits per heavy atom. The monoisotopic (exact) mass is 411 g/mol. The van der Waals surface area contributed by atoms with E-state index >= 15 is 0 Å². The average molecular weight is 412 g/mol. The summed E-state index contributed by atoms with van der Waals surface area (Å²) in [6.45, 7) is 9.27. The fraction of sp³-hybridized carbons (Fsp3) is 0.474. The first-order valence-electron chi connectivity index (χ1n) is 8.89. The number of morpholine rings is 1. The number of aryl methyl sites for hydroxylation is 1. The van der Waals surface area contributed by atoms with E-state index in [9.17, 15) is 4.79 Å². The molecular weight excluding hydrogens is 386 g/mol. The van der Waals surface area contributed by atoms with Gasteiger partial charge in [-0.2, -0.15) is 0 Å². The smallest absolute Gasteiger partial charge is 0.311 e. The zero-order valence-electron chi connectivity index (χ0n) is 15.9. The molecule has 1 saturated heterocycles. The van der Waals surface area contributed by atoms with Crippen molar-refractivity contribution in [2.45, 2.75) is 27.2 Å². The summed E-state index contributed by atoms with van der Waals surface area (Å²) in [6.07, 6.45) is 0.240. The number of thiazole rings is 1. The number of halogens is 1. The predicted molar refractivity (Wildman–Crippen MR) is 110 cm³/mol. The standard InChI is InChI=1S/C19H25N3O3S.ClH/c1-4-25-18(23)12-16-13-26-19(22(16)21-8-10-24-11-9-21)20-17-7-5-6-14(2)15(17)3;/h5-7,13H,4,8-12H2,1-3H3;1H. The second-order valence-corrected chi connectivity index (χ2v) is 7.04. The molecule has 1 aromatic heterocycles. The minimum absolute atomic E-state index is 0. The molecule has 6 nitrogen and oxygen atoms in total. The van der Waals surface area contributed by atoms with Crippen molar-refractivity contribution in [2.75, 3.05) is 37.9 Å². The SMILES string of the molecule is CCOC(=O)Cc1csc(=Nc2cccc(C)c2C)n1N1CCOCC1.Cl. The molecule has 0 bridgehead atoms. The Labute approximate surface area is 169 Å². The Morgan fingerprint density at radius 2 is 2.04 bits per heavy atom. The lowest BCUT2D eigenvalue weighted by Gasteiger charge is -2.31. The fourth-order valence-corrected chi connectivity index (χ4v) is 3.82. The van der Waals surface area contributed by atoms with Crippen LogP contribution in [0.2, 0.25) is 0 Å². The van der Waals surface area contributed by atoms with Crippen molar-refractivity contribution in [2.24, 2.45) is 4.99 Å². The summed E-state index contributed by atoms with van der Waals surface area (Å²) < 4.78 is 12.7. The number of carbonyl (C=O) groups is 1. The van der Waals surface area contributed by atoms with Crippen molar-refractivity contribution in [1.29, 1.82) is 0 Å². The lowest BCUT2D eigenvalue weighted by molar-refractivity contribution is -0.142. The number of nitrogens with zero attached hydrogens (tertiary/aromatic N) is 3. The van der Waals surface area contributed by atoms with Gasteiger partial charge in [-0.05, 0) is 38.0 Å². The molecule has 0 atom stereocenters. The van der Waals surface area contributed by atoms with E-state index in [1.807, 2.05) is 24.4 Å². The molecule has 27 heavy (non-hydrogen) atoms. The largest absolute Gasteiger partial charge is 0.466 e. The summed E-state index contributed by atoms with van der Waals surface area (Å²) in [6, 6.07) is 6.13. The second kappa shape index (κ2) is 9.92. The number of hydrogen-bond acceptors (Lipinski definition) is 6. The van der Waals surface area contributed by atoms with E-state index in [-0.39, 0.29) is 24.8 Å². The molecule has 1 aromatic carbocycles. The Hall–Kier alpha value is -1.83. The highest BCUT2D eigenvalue weighted by Gasteiger charge is 2.18. The van der Waals surface area contributed by atoms with Crippen LogP contribution < -0.4 is 9.81 Å². The topological polar surface area (TPSA) is 56.1 Å². The molecule has 8 heteroatoms. The number of aromatic nitrogens is 1. The maximum absolute atomic E-state index is 12.0. The Kier molecular flexibility index (Phi) is 7.89. The van der Waals surface area contributed by atoms with Crippen LogP contribution >= 0.6 is 23.7 Å². The predicted octanol–water partition coefficient (Wildman–Crippen LogP) is 2.89. The van der Waals surface area contributed by atoms with Crippen molar-refractivity contribution in [3.63, 3.8) is 0 Å².